The van der Waals surface area contributed by atoms with Gasteiger partial charge in [0.25, 0.3) is 0 Å². The maximum Gasteiger partial charge on any atom is 0.228 e. The van der Waals surface area contributed by atoms with E-state index in [1.165, 1.54) is 0 Å². The van der Waals surface area contributed by atoms with Gasteiger partial charge in [-0.25, -0.2) is 4.98 Å². The number of piperazine rings is 1. The van der Waals surface area contributed by atoms with Gasteiger partial charge in [0.05, 0.1) is 12.1 Å². The molecule has 1 aromatic heterocycles. The molecule has 1 amide bonds. The van der Waals surface area contributed by atoms with E-state index in [1.807, 2.05) is 17.0 Å². The quantitative estimate of drug-likeness (QED) is 0.938. The Balaban J connectivity index is 1.67. The number of amides is 1. The van der Waals surface area contributed by atoms with Gasteiger partial charge in [-0.3, -0.25) is 4.79 Å². The van der Waals surface area contributed by atoms with Crippen LogP contribution in [0.3, 0.4) is 0 Å². The fourth-order valence-corrected chi connectivity index (χ4v) is 2.86. The van der Waals surface area contributed by atoms with Gasteiger partial charge < -0.3 is 14.6 Å². The van der Waals surface area contributed by atoms with Crippen LogP contribution >= 0.6 is 11.6 Å². The molecule has 1 saturated heterocycles. The van der Waals surface area contributed by atoms with Crippen LogP contribution in [0.4, 0.5) is 0 Å². The first-order chi connectivity index (χ1) is 10.9. The zero-order valence-corrected chi connectivity index (χ0v) is 14.1. The topological polar surface area (TPSA) is 58.4 Å². The summed E-state index contributed by atoms with van der Waals surface area (Å²) in [5.41, 5.74) is 1.44. The number of rotatable bonds is 3. The second kappa shape index (κ2) is 6.34. The summed E-state index contributed by atoms with van der Waals surface area (Å²) in [6.07, 6.45) is 1.81. The number of nitrogens with one attached hydrogen (secondary N) is 1. The average Bonchev–Trinajstić information content (AvgIpc) is 2.95. The van der Waals surface area contributed by atoms with Gasteiger partial charge in [0.2, 0.25) is 11.8 Å². The fraction of sp³-hybridized carbons (Fsp3) is 0.412. The molecule has 0 unspecified atom stereocenters. The molecule has 0 radical (unpaired) electrons. The van der Waals surface area contributed by atoms with Gasteiger partial charge in [-0.2, -0.15) is 0 Å². The molecular formula is C17H20ClN3O2. The summed E-state index contributed by atoms with van der Waals surface area (Å²) in [5.74, 6) is 0.584. The summed E-state index contributed by atoms with van der Waals surface area (Å²) >= 11 is 5.88. The molecule has 5 nitrogen and oxygen atoms in total. The Labute approximate surface area is 140 Å². The van der Waals surface area contributed by atoms with E-state index in [1.54, 1.807) is 18.4 Å². The predicted octanol–water partition coefficient (Wildman–Crippen LogP) is 2.75. The molecule has 0 saturated carbocycles. The van der Waals surface area contributed by atoms with Crippen molar-refractivity contribution < 1.29 is 9.21 Å². The molecule has 1 aliphatic rings. The van der Waals surface area contributed by atoms with Gasteiger partial charge in [-0.05, 0) is 38.1 Å². The Morgan fingerprint density at radius 2 is 2.13 bits per heavy atom. The molecule has 122 valence electrons. The Hall–Kier alpha value is -1.85. The maximum absolute atomic E-state index is 12.4. The molecule has 2 aromatic rings. The standard InChI is InChI=1S/C17H20ClN3O2/c1-17(2)11-21(8-7-19-17)15(22)9-14-10-23-16(20-14)12-3-5-13(18)6-4-12/h3-6,10,19H,7-9,11H2,1-2H3. The van der Waals surface area contributed by atoms with Crippen molar-refractivity contribution in [2.75, 3.05) is 19.6 Å². The second-order valence-corrected chi connectivity index (χ2v) is 6.89. The average molecular weight is 334 g/mol. The summed E-state index contributed by atoms with van der Waals surface area (Å²) < 4.78 is 5.48. The van der Waals surface area contributed by atoms with E-state index in [2.05, 4.69) is 24.1 Å². The first-order valence-electron chi connectivity index (χ1n) is 7.66. The lowest BCUT2D eigenvalue weighted by Crippen LogP contribution is -2.58. The van der Waals surface area contributed by atoms with Crippen LogP contribution in [0.5, 0.6) is 0 Å². The van der Waals surface area contributed by atoms with Gasteiger partial charge in [-0.1, -0.05) is 11.6 Å². The summed E-state index contributed by atoms with van der Waals surface area (Å²) in [4.78, 5) is 18.7. The number of benzene rings is 1. The monoisotopic (exact) mass is 333 g/mol. The van der Waals surface area contributed by atoms with Crippen molar-refractivity contribution in [3.8, 4) is 11.5 Å². The van der Waals surface area contributed by atoms with E-state index < -0.39 is 0 Å². The van der Waals surface area contributed by atoms with Crippen LogP contribution in [0.2, 0.25) is 5.02 Å². The number of hydrogen-bond donors (Lipinski definition) is 1. The zero-order chi connectivity index (χ0) is 16.4. The number of carbonyl (C=O) groups is 1. The highest BCUT2D eigenvalue weighted by molar-refractivity contribution is 6.30. The fourth-order valence-electron chi connectivity index (χ4n) is 2.73. The minimum absolute atomic E-state index is 0.0494. The second-order valence-electron chi connectivity index (χ2n) is 6.45. The van der Waals surface area contributed by atoms with Crippen molar-refractivity contribution in [3.05, 3.63) is 41.2 Å². The zero-order valence-electron chi connectivity index (χ0n) is 13.3. The molecule has 1 aliphatic heterocycles. The smallest absolute Gasteiger partial charge is 0.228 e. The lowest BCUT2D eigenvalue weighted by atomic mass is 10.0. The van der Waals surface area contributed by atoms with E-state index in [-0.39, 0.29) is 17.9 Å². The van der Waals surface area contributed by atoms with Crippen LogP contribution in [-0.2, 0) is 11.2 Å². The van der Waals surface area contributed by atoms with Gasteiger partial charge >= 0.3 is 0 Å². The van der Waals surface area contributed by atoms with E-state index in [9.17, 15) is 4.79 Å². The van der Waals surface area contributed by atoms with E-state index >= 15 is 0 Å². The number of aromatic nitrogens is 1. The Morgan fingerprint density at radius 3 is 2.83 bits per heavy atom. The highest BCUT2D eigenvalue weighted by atomic mass is 35.5. The van der Waals surface area contributed by atoms with E-state index in [0.717, 1.165) is 18.7 Å². The van der Waals surface area contributed by atoms with E-state index in [0.29, 0.717) is 23.2 Å². The Bertz CT molecular complexity index is 694. The first kappa shape index (κ1) is 16.0. The predicted molar refractivity (Wildman–Crippen MR) is 89.3 cm³/mol. The molecule has 23 heavy (non-hydrogen) atoms. The lowest BCUT2D eigenvalue weighted by Gasteiger charge is -2.39. The third-order valence-corrected chi connectivity index (χ3v) is 4.15. The SMILES string of the molecule is CC1(C)CN(C(=O)Cc2coc(-c3ccc(Cl)cc3)n2)CCN1. The van der Waals surface area contributed by atoms with Crippen molar-refractivity contribution >= 4 is 17.5 Å². The molecule has 1 aromatic carbocycles. The van der Waals surface area contributed by atoms with Crippen LogP contribution in [-0.4, -0.2) is 41.0 Å². The number of nitrogens with zero attached hydrogens (tertiary/aromatic N) is 2. The Kier molecular flexibility index (Phi) is 4.41. The van der Waals surface area contributed by atoms with Gasteiger partial charge in [0, 0.05) is 35.8 Å². The Morgan fingerprint density at radius 1 is 1.39 bits per heavy atom. The molecule has 0 spiro atoms. The molecule has 0 bridgehead atoms. The van der Waals surface area contributed by atoms with Gasteiger partial charge in [-0.15, -0.1) is 0 Å². The molecule has 2 heterocycles. The third-order valence-electron chi connectivity index (χ3n) is 3.90. The first-order valence-corrected chi connectivity index (χ1v) is 8.04. The van der Waals surface area contributed by atoms with Crippen molar-refractivity contribution in [1.82, 2.24) is 15.2 Å². The molecule has 0 atom stereocenters. The summed E-state index contributed by atoms with van der Waals surface area (Å²) in [5, 5.41) is 4.06. The van der Waals surface area contributed by atoms with Gasteiger partial charge in [0.1, 0.15) is 6.26 Å². The van der Waals surface area contributed by atoms with Crippen molar-refractivity contribution in [3.63, 3.8) is 0 Å². The van der Waals surface area contributed by atoms with Crippen LogP contribution in [0, 0.1) is 0 Å². The molecule has 1 N–H and O–H groups in total. The van der Waals surface area contributed by atoms with Crippen LogP contribution in [0.1, 0.15) is 19.5 Å². The number of halogens is 1. The minimum Gasteiger partial charge on any atom is -0.444 e. The van der Waals surface area contributed by atoms with Gasteiger partial charge in [0.15, 0.2) is 0 Å². The van der Waals surface area contributed by atoms with Crippen LogP contribution < -0.4 is 5.32 Å². The third kappa shape index (κ3) is 3.92. The molecule has 3 rings (SSSR count). The minimum atomic E-state index is -0.0494. The van der Waals surface area contributed by atoms with Crippen molar-refractivity contribution in [2.24, 2.45) is 0 Å². The summed E-state index contributed by atoms with van der Waals surface area (Å²) in [6.45, 7) is 6.44. The summed E-state index contributed by atoms with van der Waals surface area (Å²) in [6, 6.07) is 7.26. The molecular weight excluding hydrogens is 314 g/mol. The highest BCUT2D eigenvalue weighted by Crippen LogP contribution is 2.21. The lowest BCUT2D eigenvalue weighted by molar-refractivity contribution is -0.132. The molecule has 6 heteroatoms. The van der Waals surface area contributed by atoms with Crippen molar-refractivity contribution in [2.45, 2.75) is 25.8 Å². The number of oxazole rings is 1. The van der Waals surface area contributed by atoms with Crippen molar-refractivity contribution in [1.29, 1.82) is 0 Å². The maximum atomic E-state index is 12.4. The normalized spacial score (nSPS) is 17.3. The molecule has 1 fully saturated rings. The van der Waals surface area contributed by atoms with Crippen LogP contribution in [0.25, 0.3) is 11.5 Å². The molecule has 0 aliphatic carbocycles. The summed E-state index contributed by atoms with van der Waals surface area (Å²) in [7, 11) is 0. The van der Waals surface area contributed by atoms with E-state index in [4.69, 9.17) is 16.0 Å². The number of carbonyl (C=O) groups excluding carboxylic acids is 1. The largest absolute Gasteiger partial charge is 0.444 e. The highest BCUT2D eigenvalue weighted by Gasteiger charge is 2.28. The number of hydrogen-bond acceptors (Lipinski definition) is 4. The van der Waals surface area contributed by atoms with Crippen LogP contribution in [0.15, 0.2) is 34.9 Å².